The van der Waals surface area contributed by atoms with E-state index in [-0.39, 0.29) is 30.2 Å². The van der Waals surface area contributed by atoms with Gasteiger partial charge in [0, 0.05) is 18.2 Å². The van der Waals surface area contributed by atoms with Crippen LogP contribution in [-0.2, 0) is 23.6 Å². The Balaban J connectivity index is 1.67. The lowest BCUT2D eigenvalue weighted by Crippen LogP contribution is -2.34. The van der Waals surface area contributed by atoms with Crippen LogP contribution < -0.4 is 14.8 Å². The van der Waals surface area contributed by atoms with E-state index in [1.165, 1.54) is 0 Å². The van der Waals surface area contributed by atoms with Gasteiger partial charge >= 0.3 is 5.97 Å². The summed E-state index contributed by atoms with van der Waals surface area (Å²) in [5.41, 5.74) is 2.58. The number of nitrogens with zero attached hydrogens (tertiary/aromatic N) is 3. The first-order chi connectivity index (χ1) is 23.2. The van der Waals surface area contributed by atoms with Crippen molar-refractivity contribution in [3.63, 3.8) is 0 Å². The number of nitrogens with one attached hydrogen (secondary N) is 1. The number of aromatic nitrogens is 3. The largest absolute Gasteiger partial charge is 0.488 e. The minimum Gasteiger partial charge on any atom is -0.488 e. The molecule has 0 fully saturated rings. The van der Waals surface area contributed by atoms with E-state index in [0.717, 1.165) is 16.7 Å². The molecule has 1 unspecified atom stereocenters. The Hall–Kier alpha value is -5.48. The van der Waals surface area contributed by atoms with Crippen molar-refractivity contribution in [2.24, 2.45) is 0 Å². The molecule has 0 saturated heterocycles. The molecular weight excluding hydrogens is 608 g/mol. The highest BCUT2D eigenvalue weighted by molar-refractivity contribution is 5.98. The second-order valence-corrected chi connectivity index (χ2v) is 11.7. The summed E-state index contributed by atoms with van der Waals surface area (Å²) in [7, 11) is 0. The van der Waals surface area contributed by atoms with Crippen molar-refractivity contribution in [2.45, 2.75) is 58.8 Å². The van der Waals surface area contributed by atoms with Gasteiger partial charge in [0.05, 0.1) is 0 Å². The lowest BCUT2D eigenvalue weighted by Gasteiger charge is -2.22. The molecule has 0 aliphatic rings. The first-order valence-electron chi connectivity index (χ1n) is 16.0. The van der Waals surface area contributed by atoms with Gasteiger partial charge in [0.2, 0.25) is 0 Å². The van der Waals surface area contributed by atoms with E-state index >= 15 is 0 Å². The maximum atomic E-state index is 13.3. The SMILES string of the molecule is CCNC(=O)c1nnn(-c2cc(C(C)C)c(OCc3ccccc3)cc2OCc2ccccc2)c1-c1ccc(C(O)(CC)C(=O)O)cc1. The monoisotopic (exact) mass is 648 g/mol. The number of carbonyl (C=O) groups excluding carboxylic acids is 1. The number of hydrogen-bond acceptors (Lipinski definition) is 7. The zero-order valence-corrected chi connectivity index (χ0v) is 27.5. The highest BCUT2D eigenvalue weighted by atomic mass is 16.5. The number of ether oxygens (including phenoxy) is 2. The summed E-state index contributed by atoms with van der Waals surface area (Å²) in [6, 6.07) is 29.9. The molecule has 5 aromatic rings. The van der Waals surface area contributed by atoms with Crippen molar-refractivity contribution in [1.82, 2.24) is 20.3 Å². The van der Waals surface area contributed by atoms with Crippen LogP contribution in [0.15, 0.2) is 97.1 Å². The number of benzene rings is 4. The zero-order valence-electron chi connectivity index (χ0n) is 27.5. The Morgan fingerprint density at radius 2 is 1.44 bits per heavy atom. The Labute approximate surface area is 280 Å². The van der Waals surface area contributed by atoms with Gasteiger partial charge in [-0.15, -0.1) is 5.10 Å². The number of carbonyl (C=O) groups is 2. The van der Waals surface area contributed by atoms with Crippen LogP contribution in [0, 0.1) is 0 Å². The molecule has 1 heterocycles. The van der Waals surface area contributed by atoms with E-state index in [1.807, 2.05) is 79.7 Å². The van der Waals surface area contributed by atoms with Gasteiger partial charge < -0.3 is 25.0 Å². The lowest BCUT2D eigenvalue weighted by atomic mass is 9.90. The molecule has 0 aliphatic heterocycles. The average molecular weight is 649 g/mol. The van der Waals surface area contributed by atoms with Gasteiger partial charge in [-0.2, -0.15) is 0 Å². The third kappa shape index (κ3) is 7.24. The highest BCUT2D eigenvalue weighted by Gasteiger charge is 2.36. The average Bonchev–Trinajstić information content (AvgIpc) is 3.55. The topological polar surface area (TPSA) is 136 Å². The molecule has 1 amide bonds. The van der Waals surface area contributed by atoms with Gasteiger partial charge in [0.15, 0.2) is 11.3 Å². The standard InChI is InChI=1S/C38H40N4O6/c1-5-38(46,37(44)45)29-19-17-28(18-20-29)35-34(36(43)39-6-2)40-41-42(35)31-21-30(25(3)4)32(47-23-26-13-9-7-10-14-26)22-33(31)48-24-27-15-11-8-12-16-27/h7-22,25,46H,5-6,23-24H2,1-4H3,(H,39,43)(H,44,45). The van der Waals surface area contributed by atoms with Crippen molar-refractivity contribution < 1.29 is 29.3 Å². The van der Waals surface area contributed by atoms with Crippen LogP contribution >= 0.6 is 0 Å². The summed E-state index contributed by atoms with van der Waals surface area (Å²) in [6.45, 7) is 8.55. The van der Waals surface area contributed by atoms with Crippen LogP contribution in [0.2, 0.25) is 0 Å². The number of rotatable bonds is 14. The fraction of sp³-hybridized carbons (Fsp3) is 0.263. The number of carboxylic acids is 1. The van der Waals surface area contributed by atoms with Crippen molar-refractivity contribution in [3.05, 3.63) is 125 Å². The molecule has 1 atom stereocenters. The maximum Gasteiger partial charge on any atom is 0.340 e. The number of aliphatic hydroxyl groups is 1. The molecule has 48 heavy (non-hydrogen) atoms. The number of amides is 1. The third-order valence-electron chi connectivity index (χ3n) is 8.14. The van der Waals surface area contributed by atoms with Crippen LogP contribution in [0.3, 0.4) is 0 Å². The van der Waals surface area contributed by atoms with E-state index < -0.39 is 17.5 Å². The summed E-state index contributed by atoms with van der Waals surface area (Å²) < 4.78 is 14.4. The van der Waals surface area contributed by atoms with Crippen LogP contribution in [0.4, 0.5) is 0 Å². The summed E-state index contributed by atoms with van der Waals surface area (Å²) in [5.74, 6) is -0.596. The summed E-state index contributed by atoms with van der Waals surface area (Å²) in [6.07, 6.45) is -0.0237. The second kappa shape index (κ2) is 15.0. The molecule has 248 valence electrons. The fourth-order valence-corrected chi connectivity index (χ4v) is 5.38. The molecule has 0 aliphatic carbocycles. The molecular formula is C38H40N4O6. The van der Waals surface area contributed by atoms with Crippen LogP contribution in [0.25, 0.3) is 16.9 Å². The Bertz CT molecular complexity index is 1860. The molecule has 1 aromatic heterocycles. The van der Waals surface area contributed by atoms with Gasteiger partial charge in [-0.25, -0.2) is 9.48 Å². The van der Waals surface area contributed by atoms with Crippen molar-refractivity contribution in [2.75, 3.05) is 6.54 Å². The molecule has 0 radical (unpaired) electrons. The van der Waals surface area contributed by atoms with Crippen molar-refractivity contribution in [1.29, 1.82) is 0 Å². The van der Waals surface area contributed by atoms with Gasteiger partial charge in [-0.05, 0) is 47.6 Å². The summed E-state index contributed by atoms with van der Waals surface area (Å²) >= 11 is 0. The maximum absolute atomic E-state index is 13.3. The van der Waals surface area contributed by atoms with Gasteiger partial charge in [0.1, 0.15) is 36.1 Å². The van der Waals surface area contributed by atoms with Crippen LogP contribution in [-0.4, -0.2) is 43.6 Å². The number of hydrogen-bond donors (Lipinski definition) is 3. The third-order valence-corrected chi connectivity index (χ3v) is 8.14. The molecule has 0 saturated carbocycles. The number of carboxylic acid groups (broad SMARTS) is 1. The predicted molar refractivity (Wildman–Crippen MR) is 182 cm³/mol. The van der Waals surface area contributed by atoms with Crippen molar-refractivity contribution >= 4 is 11.9 Å². The highest BCUT2D eigenvalue weighted by Crippen LogP contribution is 2.39. The summed E-state index contributed by atoms with van der Waals surface area (Å²) in [4.78, 5) is 25.2. The molecule has 5 rings (SSSR count). The predicted octanol–water partition coefficient (Wildman–Crippen LogP) is 6.65. The van der Waals surface area contributed by atoms with E-state index in [1.54, 1.807) is 35.9 Å². The summed E-state index contributed by atoms with van der Waals surface area (Å²) in [5, 5.41) is 32.1. The first-order valence-corrected chi connectivity index (χ1v) is 16.0. The van der Waals surface area contributed by atoms with Gasteiger partial charge in [0.25, 0.3) is 5.91 Å². The van der Waals surface area contributed by atoms with E-state index in [2.05, 4.69) is 29.5 Å². The quantitative estimate of drug-likeness (QED) is 0.122. The fourth-order valence-electron chi connectivity index (χ4n) is 5.38. The van der Waals surface area contributed by atoms with Crippen LogP contribution in [0.1, 0.15) is 72.8 Å². The lowest BCUT2D eigenvalue weighted by molar-refractivity contribution is -0.160. The van der Waals surface area contributed by atoms with Crippen LogP contribution in [0.5, 0.6) is 11.5 Å². The van der Waals surface area contributed by atoms with Crippen molar-refractivity contribution in [3.8, 4) is 28.4 Å². The smallest absolute Gasteiger partial charge is 0.340 e. The second-order valence-electron chi connectivity index (χ2n) is 11.7. The molecule has 4 aromatic carbocycles. The molecule has 3 N–H and O–H groups in total. The minimum atomic E-state index is -2.06. The van der Waals surface area contributed by atoms with Gasteiger partial charge in [-0.3, -0.25) is 4.79 Å². The Morgan fingerprint density at radius 1 is 0.854 bits per heavy atom. The molecule has 0 spiro atoms. The van der Waals surface area contributed by atoms with E-state index in [9.17, 15) is 19.8 Å². The minimum absolute atomic E-state index is 0.0237. The molecule has 10 nitrogen and oxygen atoms in total. The molecule has 10 heteroatoms. The Kier molecular flexibility index (Phi) is 10.6. The van der Waals surface area contributed by atoms with E-state index in [4.69, 9.17) is 9.47 Å². The first kappa shape index (κ1) is 33.9. The van der Waals surface area contributed by atoms with Gasteiger partial charge in [-0.1, -0.05) is 111 Å². The zero-order chi connectivity index (χ0) is 34.3. The Morgan fingerprint density at radius 3 is 1.96 bits per heavy atom. The number of aliphatic carboxylic acids is 1. The van der Waals surface area contributed by atoms with E-state index in [0.29, 0.717) is 41.6 Å². The molecule has 0 bridgehead atoms. The normalized spacial score (nSPS) is 12.4.